The molecule has 0 aliphatic carbocycles. The number of nitrogens with one attached hydrogen (secondary N) is 1. The number of imidazole rings is 1. The lowest BCUT2D eigenvalue weighted by atomic mass is 9.98. The number of aryl methyl sites for hydroxylation is 1. The minimum absolute atomic E-state index is 0.230. The van der Waals surface area contributed by atoms with Gasteiger partial charge in [0.2, 0.25) is 0 Å². The smallest absolute Gasteiger partial charge is 0.434 e. The maximum Gasteiger partial charge on any atom is 0.434 e. The highest BCUT2D eigenvalue weighted by Gasteiger charge is 2.35. The molecule has 2 heterocycles. The molecule has 1 N–H and O–H groups in total. The van der Waals surface area contributed by atoms with Crippen LogP contribution in [0.1, 0.15) is 30.4 Å². The van der Waals surface area contributed by atoms with E-state index in [4.69, 9.17) is 9.47 Å². The second kappa shape index (κ2) is 8.43. The van der Waals surface area contributed by atoms with Crippen molar-refractivity contribution < 1.29 is 22.6 Å². The van der Waals surface area contributed by atoms with Gasteiger partial charge in [0, 0.05) is 25.2 Å². The van der Waals surface area contributed by atoms with Gasteiger partial charge in [-0.05, 0) is 49.9 Å². The van der Waals surface area contributed by atoms with Crippen molar-refractivity contribution in [2.24, 2.45) is 5.92 Å². The lowest BCUT2D eigenvalue weighted by molar-refractivity contribution is -0.141. The zero-order chi connectivity index (χ0) is 20.3. The molecule has 1 aromatic heterocycles. The maximum absolute atomic E-state index is 12.8. The van der Waals surface area contributed by atoms with Gasteiger partial charge in [0.1, 0.15) is 5.82 Å². The molecule has 0 bridgehead atoms. The van der Waals surface area contributed by atoms with Gasteiger partial charge in [-0.15, -0.1) is 0 Å². The van der Waals surface area contributed by atoms with Crippen molar-refractivity contribution in [3.05, 3.63) is 41.5 Å². The minimum Gasteiger partial charge on any atom is -0.493 e. The van der Waals surface area contributed by atoms with Crippen LogP contribution in [0.15, 0.2) is 24.4 Å². The predicted molar refractivity (Wildman–Crippen MR) is 99.8 cm³/mol. The first kappa shape index (κ1) is 20.5. The molecule has 154 valence electrons. The number of ether oxygens (including phenoxy) is 2. The number of alkyl halides is 3. The summed E-state index contributed by atoms with van der Waals surface area (Å²) in [7, 11) is 3.22. The van der Waals surface area contributed by atoms with Gasteiger partial charge in [0.25, 0.3) is 0 Å². The monoisotopic (exact) mass is 397 g/mol. The van der Waals surface area contributed by atoms with Crippen molar-refractivity contribution in [1.82, 2.24) is 14.9 Å². The lowest BCUT2D eigenvalue weighted by Crippen LogP contribution is -2.36. The third kappa shape index (κ3) is 4.79. The van der Waals surface area contributed by atoms with E-state index in [1.165, 1.54) is 0 Å². The van der Waals surface area contributed by atoms with E-state index >= 15 is 0 Å². The van der Waals surface area contributed by atoms with Crippen LogP contribution < -0.4 is 14.8 Å². The predicted octanol–water partition coefficient (Wildman–Crippen LogP) is 3.70. The number of fused-ring (bicyclic) bond motifs is 1. The highest BCUT2D eigenvalue weighted by Crippen LogP contribution is 2.31. The second-order valence-corrected chi connectivity index (χ2v) is 7.30. The molecule has 28 heavy (non-hydrogen) atoms. The lowest BCUT2D eigenvalue weighted by Gasteiger charge is -2.25. The Kier molecular flexibility index (Phi) is 6.17. The van der Waals surface area contributed by atoms with E-state index in [-0.39, 0.29) is 12.0 Å². The summed E-state index contributed by atoms with van der Waals surface area (Å²) >= 11 is 0. The number of nitrogens with zero attached hydrogens (tertiary/aromatic N) is 2. The average Bonchev–Trinajstić information content (AvgIpc) is 3.10. The second-order valence-electron chi connectivity index (χ2n) is 7.30. The quantitative estimate of drug-likeness (QED) is 0.774. The van der Waals surface area contributed by atoms with Crippen LogP contribution in [-0.2, 0) is 25.6 Å². The molecule has 1 aliphatic rings. The van der Waals surface area contributed by atoms with Gasteiger partial charge in [0.15, 0.2) is 17.2 Å². The molecule has 5 nitrogen and oxygen atoms in total. The van der Waals surface area contributed by atoms with Crippen LogP contribution >= 0.6 is 0 Å². The van der Waals surface area contributed by atoms with Crippen molar-refractivity contribution >= 4 is 0 Å². The Morgan fingerprint density at radius 3 is 2.68 bits per heavy atom. The van der Waals surface area contributed by atoms with E-state index < -0.39 is 11.9 Å². The summed E-state index contributed by atoms with van der Waals surface area (Å²) in [5.74, 6) is 2.22. The molecule has 2 atom stereocenters. The molecule has 0 saturated carbocycles. The number of methoxy groups -OCH3 is 2. The molecule has 3 rings (SSSR count). The van der Waals surface area contributed by atoms with E-state index in [1.807, 2.05) is 18.2 Å². The Hall–Kier alpha value is -2.22. The first-order valence-electron chi connectivity index (χ1n) is 9.37. The zero-order valence-electron chi connectivity index (χ0n) is 16.3. The van der Waals surface area contributed by atoms with Crippen LogP contribution in [0.3, 0.4) is 0 Å². The molecule has 1 aliphatic heterocycles. The fourth-order valence-corrected chi connectivity index (χ4v) is 3.62. The Morgan fingerprint density at radius 2 is 2.00 bits per heavy atom. The summed E-state index contributed by atoms with van der Waals surface area (Å²) in [6.07, 6.45) is -1.01. The summed E-state index contributed by atoms with van der Waals surface area (Å²) in [5, 5.41) is 3.51. The number of hydrogen-bond acceptors (Lipinski definition) is 4. The number of rotatable bonds is 7. The molecule has 0 amide bonds. The number of halogens is 3. The average molecular weight is 397 g/mol. The van der Waals surface area contributed by atoms with Gasteiger partial charge in [-0.3, -0.25) is 0 Å². The SMILES string of the molecule is COc1ccc(C[C@@H](C)NC[C@H]2CCc3nc(C(F)(F)F)cn3C2)cc1OC. The fraction of sp³-hybridized carbons (Fsp3) is 0.550. The van der Waals surface area contributed by atoms with Crippen molar-refractivity contribution in [2.45, 2.75) is 44.9 Å². The van der Waals surface area contributed by atoms with Gasteiger partial charge in [0.05, 0.1) is 14.2 Å². The third-order valence-electron chi connectivity index (χ3n) is 5.13. The summed E-state index contributed by atoms with van der Waals surface area (Å²) in [6, 6.07) is 6.10. The van der Waals surface area contributed by atoms with Crippen molar-refractivity contribution in [1.29, 1.82) is 0 Å². The molecular formula is C20H26F3N3O2. The van der Waals surface area contributed by atoms with E-state index in [0.717, 1.165) is 31.1 Å². The highest BCUT2D eigenvalue weighted by atomic mass is 19.4. The van der Waals surface area contributed by atoms with Crippen molar-refractivity contribution in [3.8, 4) is 11.5 Å². The Balaban J connectivity index is 1.53. The standard InChI is InChI=1S/C20H26F3N3O2/c1-13(8-14-4-6-16(27-2)17(9-14)28-3)24-10-15-5-7-19-25-18(20(21,22)23)12-26(19)11-15/h4,6,9,12-13,15,24H,5,7-8,10-11H2,1-3H3/t13-,15-/m1/s1. The molecule has 0 fully saturated rings. The molecule has 2 aromatic rings. The molecular weight excluding hydrogens is 371 g/mol. The molecule has 0 spiro atoms. The highest BCUT2D eigenvalue weighted by molar-refractivity contribution is 5.43. The summed E-state index contributed by atoms with van der Waals surface area (Å²) in [4.78, 5) is 3.73. The molecule has 0 radical (unpaired) electrons. The van der Waals surface area contributed by atoms with Gasteiger partial charge in [-0.1, -0.05) is 6.07 Å². The summed E-state index contributed by atoms with van der Waals surface area (Å²) in [6.45, 7) is 3.42. The van der Waals surface area contributed by atoms with Crippen LogP contribution in [0.2, 0.25) is 0 Å². The van der Waals surface area contributed by atoms with Gasteiger partial charge >= 0.3 is 6.18 Å². The van der Waals surface area contributed by atoms with Crippen LogP contribution in [0, 0.1) is 5.92 Å². The largest absolute Gasteiger partial charge is 0.493 e. The summed E-state index contributed by atoms with van der Waals surface area (Å²) < 4.78 is 50.7. The topological polar surface area (TPSA) is 48.3 Å². The van der Waals surface area contributed by atoms with E-state index in [1.54, 1.807) is 18.8 Å². The number of hydrogen-bond donors (Lipinski definition) is 1. The van der Waals surface area contributed by atoms with E-state index in [0.29, 0.717) is 30.3 Å². The Morgan fingerprint density at radius 1 is 1.25 bits per heavy atom. The van der Waals surface area contributed by atoms with Crippen molar-refractivity contribution in [3.63, 3.8) is 0 Å². The van der Waals surface area contributed by atoms with E-state index in [9.17, 15) is 13.2 Å². The van der Waals surface area contributed by atoms with Crippen LogP contribution in [0.4, 0.5) is 13.2 Å². The third-order valence-corrected chi connectivity index (χ3v) is 5.13. The number of benzene rings is 1. The molecule has 0 saturated heterocycles. The molecule has 8 heteroatoms. The van der Waals surface area contributed by atoms with Crippen LogP contribution in [-0.4, -0.2) is 36.4 Å². The Labute approximate surface area is 162 Å². The van der Waals surface area contributed by atoms with Crippen LogP contribution in [0.5, 0.6) is 11.5 Å². The van der Waals surface area contributed by atoms with Gasteiger partial charge in [-0.25, -0.2) is 4.98 Å². The first-order valence-corrected chi connectivity index (χ1v) is 9.37. The Bertz CT molecular complexity index is 804. The van der Waals surface area contributed by atoms with Gasteiger partial charge < -0.3 is 19.4 Å². The van der Waals surface area contributed by atoms with Crippen molar-refractivity contribution in [2.75, 3.05) is 20.8 Å². The zero-order valence-corrected chi connectivity index (χ0v) is 16.3. The van der Waals surface area contributed by atoms with E-state index in [2.05, 4.69) is 17.2 Å². The molecule has 1 aromatic carbocycles. The first-order chi connectivity index (χ1) is 13.3. The summed E-state index contributed by atoms with van der Waals surface area (Å²) in [5.41, 5.74) is 0.339. The van der Waals surface area contributed by atoms with Gasteiger partial charge in [-0.2, -0.15) is 13.2 Å². The number of aromatic nitrogens is 2. The van der Waals surface area contributed by atoms with Crippen LogP contribution in [0.25, 0.3) is 0 Å². The maximum atomic E-state index is 12.8. The molecule has 0 unspecified atom stereocenters. The normalized spacial score (nSPS) is 17.9. The fourth-order valence-electron chi connectivity index (χ4n) is 3.62. The minimum atomic E-state index is -4.38.